The Balaban J connectivity index is 1.99. The van der Waals surface area contributed by atoms with Crippen LogP contribution >= 0.6 is 11.8 Å². The molecule has 0 bridgehead atoms. The minimum atomic E-state index is -0.432. The maximum atomic E-state index is 12.1. The molecule has 1 atom stereocenters. The van der Waals surface area contributed by atoms with E-state index in [9.17, 15) is 14.4 Å². The van der Waals surface area contributed by atoms with E-state index in [1.165, 1.54) is 19.2 Å². The Morgan fingerprint density at radius 1 is 1.23 bits per heavy atom. The number of hydrogen-bond donors (Lipinski definition) is 2. The van der Waals surface area contributed by atoms with Crippen molar-refractivity contribution in [1.82, 2.24) is 9.97 Å². The predicted molar refractivity (Wildman–Crippen MR) is 85.3 cm³/mol. The number of hydrogen-bond acceptors (Lipinski definition) is 5. The second kappa shape index (κ2) is 7.04. The quantitative estimate of drug-likeness (QED) is 0.500. The Morgan fingerprint density at radius 2 is 1.91 bits per heavy atom. The molecule has 2 rings (SSSR count). The van der Waals surface area contributed by atoms with E-state index >= 15 is 0 Å². The lowest BCUT2D eigenvalue weighted by Crippen LogP contribution is -2.23. The summed E-state index contributed by atoms with van der Waals surface area (Å²) in [6, 6.07) is 7.98. The molecule has 7 heteroatoms. The smallest absolute Gasteiger partial charge is 0.251 e. The van der Waals surface area contributed by atoms with Gasteiger partial charge < -0.3 is 10.3 Å². The lowest BCUT2D eigenvalue weighted by Gasteiger charge is -2.11. The first-order chi connectivity index (χ1) is 10.5. The highest BCUT2D eigenvalue weighted by molar-refractivity contribution is 8.00. The SMILES string of the molecule is CC(=O)c1ccc(NC(=O)[C@H](C)Sc2nccc(=O)[nH]2)cc1. The molecule has 0 aliphatic heterocycles. The van der Waals surface area contributed by atoms with Gasteiger partial charge in [-0.3, -0.25) is 14.4 Å². The van der Waals surface area contributed by atoms with Crippen molar-refractivity contribution in [3.8, 4) is 0 Å². The molecule has 1 amide bonds. The molecule has 0 aliphatic carbocycles. The lowest BCUT2D eigenvalue weighted by atomic mass is 10.1. The summed E-state index contributed by atoms with van der Waals surface area (Å²) in [6.07, 6.45) is 1.40. The summed E-state index contributed by atoms with van der Waals surface area (Å²) in [5.41, 5.74) is 0.938. The van der Waals surface area contributed by atoms with Gasteiger partial charge in [0.1, 0.15) is 0 Å². The maximum Gasteiger partial charge on any atom is 0.251 e. The van der Waals surface area contributed by atoms with E-state index in [-0.39, 0.29) is 17.2 Å². The Labute approximate surface area is 131 Å². The Morgan fingerprint density at radius 3 is 2.50 bits per heavy atom. The van der Waals surface area contributed by atoms with Crippen molar-refractivity contribution in [1.29, 1.82) is 0 Å². The number of thioether (sulfide) groups is 1. The summed E-state index contributed by atoms with van der Waals surface area (Å²) in [5, 5.41) is 2.71. The van der Waals surface area contributed by atoms with Crippen LogP contribution in [0.3, 0.4) is 0 Å². The highest BCUT2D eigenvalue weighted by atomic mass is 32.2. The van der Waals surface area contributed by atoms with Crippen molar-refractivity contribution in [2.24, 2.45) is 0 Å². The van der Waals surface area contributed by atoms with Crippen molar-refractivity contribution >= 4 is 29.1 Å². The minimum Gasteiger partial charge on any atom is -0.325 e. The molecule has 114 valence electrons. The van der Waals surface area contributed by atoms with Crippen LogP contribution < -0.4 is 10.9 Å². The van der Waals surface area contributed by atoms with Gasteiger partial charge in [0.25, 0.3) is 5.56 Å². The van der Waals surface area contributed by atoms with Gasteiger partial charge in [-0.25, -0.2) is 4.98 Å². The summed E-state index contributed by atoms with van der Waals surface area (Å²) < 4.78 is 0. The zero-order valence-corrected chi connectivity index (χ0v) is 12.9. The van der Waals surface area contributed by atoms with Crippen LogP contribution in [0.1, 0.15) is 24.2 Å². The zero-order chi connectivity index (χ0) is 16.1. The number of anilines is 1. The monoisotopic (exact) mass is 317 g/mol. The van der Waals surface area contributed by atoms with Crippen molar-refractivity contribution in [2.75, 3.05) is 5.32 Å². The number of carbonyl (C=O) groups is 2. The van der Waals surface area contributed by atoms with Crippen LogP contribution in [0.25, 0.3) is 0 Å². The van der Waals surface area contributed by atoms with Crippen molar-refractivity contribution in [2.45, 2.75) is 24.3 Å². The summed E-state index contributed by atoms with van der Waals surface area (Å²) in [5.74, 6) is -0.243. The van der Waals surface area contributed by atoms with Gasteiger partial charge >= 0.3 is 0 Å². The number of Topliss-reactive ketones (excluding diaryl/α,β-unsaturated/α-hetero) is 1. The number of benzene rings is 1. The standard InChI is InChI=1S/C15H15N3O3S/c1-9(19)11-3-5-12(6-4-11)17-14(21)10(2)22-15-16-8-7-13(20)18-15/h3-8,10H,1-2H3,(H,17,21)(H,16,18,20)/t10-/m0/s1. The third kappa shape index (κ3) is 4.29. The Bertz CT molecular complexity index is 740. The van der Waals surface area contributed by atoms with Crippen molar-refractivity contribution in [3.05, 3.63) is 52.4 Å². The molecule has 2 N–H and O–H groups in total. The summed E-state index contributed by atoms with van der Waals surface area (Å²) in [7, 11) is 0. The van der Waals surface area contributed by atoms with Crippen LogP contribution in [0.15, 0.2) is 46.5 Å². The van der Waals surface area contributed by atoms with Crippen LogP contribution in [-0.4, -0.2) is 26.9 Å². The Hall–Kier alpha value is -2.41. The third-order valence-electron chi connectivity index (χ3n) is 2.86. The summed E-state index contributed by atoms with van der Waals surface area (Å²) in [6.45, 7) is 3.21. The molecule has 0 unspecified atom stereocenters. The van der Waals surface area contributed by atoms with Gasteiger partial charge in [0.15, 0.2) is 10.9 Å². The first-order valence-electron chi connectivity index (χ1n) is 6.59. The highest BCUT2D eigenvalue weighted by Crippen LogP contribution is 2.19. The second-order valence-electron chi connectivity index (χ2n) is 4.62. The number of carbonyl (C=O) groups excluding carboxylic acids is 2. The molecule has 0 saturated carbocycles. The summed E-state index contributed by atoms with van der Waals surface area (Å²) in [4.78, 5) is 41.0. The molecule has 0 spiro atoms. The van der Waals surface area contributed by atoms with Crippen LogP contribution in [0.5, 0.6) is 0 Å². The van der Waals surface area contributed by atoms with Crippen molar-refractivity contribution in [3.63, 3.8) is 0 Å². The molecule has 0 aliphatic rings. The minimum absolute atomic E-state index is 0.0269. The zero-order valence-electron chi connectivity index (χ0n) is 12.1. The summed E-state index contributed by atoms with van der Waals surface area (Å²) >= 11 is 1.16. The highest BCUT2D eigenvalue weighted by Gasteiger charge is 2.15. The molecule has 2 aromatic rings. The number of rotatable bonds is 5. The van der Waals surface area contributed by atoms with Gasteiger partial charge in [-0.15, -0.1) is 0 Å². The molecular formula is C15H15N3O3S. The number of H-pyrrole nitrogens is 1. The second-order valence-corrected chi connectivity index (χ2v) is 5.95. The van der Waals surface area contributed by atoms with Gasteiger partial charge in [0.05, 0.1) is 5.25 Å². The van der Waals surface area contributed by atoms with Crippen molar-refractivity contribution < 1.29 is 9.59 Å². The van der Waals surface area contributed by atoms with E-state index in [2.05, 4.69) is 15.3 Å². The molecule has 6 nitrogen and oxygen atoms in total. The number of ketones is 1. The van der Waals surface area contributed by atoms with E-state index < -0.39 is 5.25 Å². The fraction of sp³-hybridized carbons (Fsp3) is 0.200. The van der Waals surface area contributed by atoms with Gasteiger partial charge in [0.2, 0.25) is 5.91 Å². The number of aromatic amines is 1. The van der Waals surface area contributed by atoms with Gasteiger partial charge in [-0.1, -0.05) is 11.8 Å². The normalized spacial score (nSPS) is 11.7. The first kappa shape index (κ1) is 16.0. The molecule has 0 fully saturated rings. The topological polar surface area (TPSA) is 91.9 Å². The van der Waals surface area contributed by atoms with E-state index in [1.807, 2.05) is 0 Å². The van der Waals surface area contributed by atoms with Crippen LogP contribution in [0.2, 0.25) is 0 Å². The predicted octanol–water partition coefficient (Wildman–Crippen LogP) is 2.09. The van der Waals surface area contributed by atoms with Gasteiger partial charge in [-0.2, -0.15) is 0 Å². The largest absolute Gasteiger partial charge is 0.325 e. The molecule has 1 aromatic carbocycles. The molecule has 0 radical (unpaired) electrons. The first-order valence-corrected chi connectivity index (χ1v) is 7.47. The molecule has 1 heterocycles. The van der Waals surface area contributed by atoms with Crippen LogP contribution in [-0.2, 0) is 4.79 Å². The maximum absolute atomic E-state index is 12.1. The average molecular weight is 317 g/mol. The lowest BCUT2D eigenvalue weighted by molar-refractivity contribution is -0.115. The van der Waals surface area contributed by atoms with E-state index in [1.54, 1.807) is 31.2 Å². The molecule has 1 aromatic heterocycles. The fourth-order valence-electron chi connectivity index (χ4n) is 1.67. The van der Waals surface area contributed by atoms with E-state index in [0.717, 1.165) is 11.8 Å². The van der Waals surface area contributed by atoms with E-state index in [0.29, 0.717) is 16.4 Å². The molecular weight excluding hydrogens is 302 g/mol. The number of aromatic nitrogens is 2. The number of nitrogens with one attached hydrogen (secondary N) is 2. The fourth-order valence-corrected chi connectivity index (χ4v) is 2.45. The third-order valence-corrected chi connectivity index (χ3v) is 3.86. The average Bonchev–Trinajstić information content (AvgIpc) is 2.47. The van der Waals surface area contributed by atoms with Gasteiger partial charge in [0, 0.05) is 23.5 Å². The number of amides is 1. The van der Waals surface area contributed by atoms with Crippen LogP contribution in [0.4, 0.5) is 5.69 Å². The number of nitrogens with zero attached hydrogens (tertiary/aromatic N) is 1. The van der Waals surface area contributed by atoms with E-state index in [4.69, 9.17) is 0 Å². The molecule has 22 heavy (non-hydrogen) atoms. The van der Waals surface area contributed by atoms with Crippen LogP contribution in [0, 0.1) is 0 Å². The Kier molecular flexibility index (Phi) is 5.11. The van der Waals surface area contributed by atoms with Gasteiger partial charge in [-0.05, 0) is 38.1 Å². The molecule has 0 saturated heterocycles.